The molecule has 2 aromatic rings. The molecule has 0 N–H and O–H groups in total. The number of nitro groups is 1. The quantitative estimate of drug-likeness (QED) is 0.509. The number of hydrogen-bond acceptors (Lipinski definition) is 7. The van der Waals surface area contributed by atoms with Crippen LogP contribution in [0.2, 0.25) is 0 Å². The Morgan fingerprint density at radius 1 is 1.12 bits per heavy atom. The summed E-state index contributed by atoms with van der Waals surface area (Å²) in [7, 11) is 0. The number of morpholine rings is 1. The number of nitro benzene ring substituents is 1. The highest BCUT2D eigenvalue weighted by Gasteiger charge is 2.34. The van der Waals surface area contributed by atoms with E-state index in [9.17, 15) is 19.7 Å². The van der Waals surface area contributed by atoms with E-state index in [0.29, 0.717) is 50.4 Å². The lowest BCUT2D eigenvalue weighted by atomic mass is 9.94. The molecule has 11 nitrogen and oxygen atoms in total. The minimum absolute atomic E-state index is 0.0241. The van der Waals surface area contributed by atoms with Crippen LogP contribution in [-0.2, 0) is 9.53 Å². The molecule has 2 aliphatic heterocycles. The van der Waals surface area contributed by atoms with Crippen molar-refractivity contribution >= 4 is 17.5 Å². The Kier molecular flexibility index (Phi) is 6.41. The number of aromatic nitrogens is 3. The van der Waals surface area contributed by atoms with E-state index < -0.39 is 4.92 Å². The van der Waals surface area contributed by atoms with E-state index in [1.807, 2.05) is 18.7 Å². The predicted octanol–water partition coefficient (Wildman–Crippen LogP) is 1.97. The van der Waals surface area contributed by atoms with Gasteiger partial charge < -0.3 is 14.5 Å². The van der Waals surface area contributed by atoms with Crippen molar-refractivity contribution in [1.29, 1.82) is 0 Å². The third-order valence-electron chi connectivity index (χ3n) is 6.24. The third kappa shape index (κ3) is 4.72. The van der Waals surface area contributed by atoms with Gasteiger partial charge in [0.05, 0.1) is 28.5 Å². The van der Waals surface area contributed by atoms with Crippen LogP contribution in [0.25, 0.3) is 5.69 Å². The van der Waals surface area contributed by atoms with Crippen molar-refractivity contribution in [3.8, 4) is 5.69 Å². The second kappa shape index (κ2) is 9.26. The number of amides is 2. The van der Waals surface area contributed by atoms with Crippen LogP contribution in [0, 0.1) is 23.0 Å². The van der Waals surface area contributed by atoms with E-state index in [-0.39, 0.29) is 41.3 Å². The van der Waals surface area contributed by atoms with E-state index in [1.54, 1.807) is 24.0 Å². The van der Waals surface area contributed by atoms with Crippen molar-refractivity contribution in [1.82, 2.24) is 24.8 Å². The molecule has 2 atom stereocenters. The number of carbonyl (C=O) groups is 2. The van der Waals surface area contributed by atoms with Crippen molar-refractivity contribution in [3.05, 3.63) is 45.8 Å². The van der Waals surface area contributed by atoms with Crippen molar-refractivity contribution in [2.75, 3.05) is 26.2 Å². The first-order chi connectivity index (χ1) is 15.7. The minimum Gasteiger partial charge on any atom is -0.372 e. The lowest BCUT2D eigenvalue weighted by molar-refractivity contribution is -0.384. The zero-order chi connectivity index (χ0) is 23.7. The molecule has 3 heterocycles. The molecule has 2 unspecified atom stereocenters. The van der Waals surface area contributed by atoms with Gasteiger partial charge in [0.15, 0.2) is 5.69 Å². The Morgan fingerprint density at radius 3 is 2.42 bits per heavy atom. The Hall–Kier alpha value is -3.34. The van der Waals surface area contributed by atoms with E-state index in [4.69, 9.17) is 4.74 Å². The van der Waals surface area contributed by atoms with Crippen LogP contribution in [0.5, 0.6) is 0 Å². The van der Waals surface area contributed by atoms with Gasteiger partial charge in [-0.3, -0.25) is 19.7 Å². The standard InChI is InChI=1S/C22H28N6O5/c1-14-12-26(13-15(2)33-14)21(29)17-7-9-25(10-8-17)22(30)20-16(3)27(24-23-20)18-5-4-6-19(11-18)28(31)32/h4-6,11,14-15,17H,7-10,12-13H2,1-3H3. The van der Waals surface area contributed by atoms with Crippen LogP contribution in [-0.4, -0.2) is 79.9 Å². The summed E-state index contributed by atoms with van der Waals surface area (Å²) in [6, 6.07) is 6.02. The monoisotopic (exact) mass is 456 g/mol. The fraction of sp³-hybridized carbons (Fsp3) is 0.545. The molecule has 1 aromatic carbocycles. The zero-order valence-corrected chi connectivity index (χ0v) is 19.0. The summed E-state index contributed by atoms with van der Waals surface area (Å²) in [4.78, 5) is 40.2. The molecule has 0 saturated carbocycles. The Balaban J connectivity index is 1.41. The van der Waals surface area contributed by atoms with E-state index in [1.165, 1.54) is 16.8 Å². The van der Waals surface area contributed by atoms with Crippen molar-refractivity contribution in [2.24, 2.45) is 5.92 Å². The number of non-ortho nitro benzene ring substituents is 1. The SMILES string of the molecule is Cc1c(C(=O)N2CCC(C(=O)N3CC(C)OC(C)C3)CC2)nnn1-c1cccc([N+](=O)[O-])c1. The number of piperidine rings is 1. The first kappa shape index (κ1) is 22.8. The van der Waals surface area contributed by atoms with Gasteiger partial charge in [0.2, 0.25) is 5.91 Å². The summed E-state index contributed by atoms with van der Waals surface area (Å²) in [5, 5.41) is 19.2. The number of nitrogens with zero attached hydrogens (tertiary/aromatic N) is 6. The first-order valence-electron chi connectivity index (χ1n) is 11.1. The van der Waals surface area contributed by atoms with Crippen LogP contribution in [0.4, 0.5) is 5.69 Å². The van der Waals surface area contributed by atoms with Gasteiger partial charge in [0.25, 0.3) is 11.6 Å². The van der Waals surface area contributed by atoms with Gasteiger partial charge in [-0.1, -0.05) is 11.3 Å². The second-order valence-corrected chi connectivity index (χ2v) is 8.78. The zero-order valence-electron chi connectivity index (χ0n) is 19.0. The maximum atomic E-state index is 13.1. The lowest BCUT2D eigenvalue weighted by Gasteiger charge is -2.39. The first-order valence-corrected chi connectivity index (χ1v) is 11.1. The molecule has 33 heavy (non-hydrogen) atoms. The summed E-state index contributed by atoms with van der Waals surface area (Å²) >= 11 is 0. The van der Waals surface area contributed by atoms with Crippen LogP contribution < -0.4 is 0 Å². The molecule has 2 fully saturated rings. The predicted molar refractivity (Wildman–Crippen MR) is 118 cm³/mol. The highest BCUT2D eigenvalue weighted by atomic mass is 16.6. The van der Waals surface area contributed by atoms with Crippen molar-refractivity contribution in [2.45, 2.75) is 45.8 Å². The van der Waals surface area contributed by atoms with Crippen LogP contribution in [0.1, 0.15) is 42.9 Å². The molecule has 4 rings (SSSR count). The van der Waals surface area contributed by atoms with Crippen molar-refractivity contribution < 1.29 is 19.2 Å². The summed E-state index contributed by atoms with van der Waals surface area (Å²) in [6.45, 7) is 7.79. The molecule has 176 valence electrons. The number of likely N-dealkylation sites (tertiary alicyclic amines) is 1. The Bertz CT molecular complexity index is 1050. The maximum Gasteiger partial charge on any atom is 0.276 e. The highest BCUT2D eigenvalue weighted by molar-refractivity contribution is 5.93. The molecule has 2 aliphatic rings. The van der Waals surface area contributed by atoms with Crippen molar-refractivity contribution in [3.63, 3.8) is 0 Å². The number of rotatable bonds is 4. The molecule has 2 amide bonds. The fourth-order valence-electron chi connectivity index (χ4n) is 4.61. The third-order valence-corrected chi connectivity index (χ3v) is 6.24. The molecule has 1 aromatic heterocycles. The number of hydrogen-bond donors (Lipinski definition) is 0. The normalized spacial score (nSPS) is 21.8. The van der Waals surface area contributed by atoms with Gasteiger partial charge in [-0.2, -0.15) is 0 Å². The average Bonchev–Trinajstić information content (AvgIpc) is 3.19. The Morgan fingerprint density at radius 2 is 1.79 bits per heavy atom. The largest absolute Gasteiger partial charge is 0.372 e. The number of carbonyl (C=O) groups excluding carboxylic acids is 2. The summed E-state index contributed by atoms with van der Waals surface area (Å²) in [6.07, 6.45) is 1.25. The molecule has 0 aliphatic carbocycles. The minimum atomic E-state index is -0.481. The van der Waals surface area contributed by atoms with Crippen LogP contribution in [0.15, 0.2) is 24.3 Å². The lowest BCUT2D eigenvalue weighted by Crippen LogP contribution is -2.51. The summed E-state index contributed by atoms with van der Waals surface area (Å²) in [5.74, 6) is -0.214. The van der Waals surface area contributed by atoms with E-state index >= 15 is 0 Å². The van der Waals surface area contributed by atoms with Crippen LogP contribution >= 0.6 is 0 Å². The van der Waals surface area contributed by atoms with Gasteiger partial charge in [-0.25, -0.2) is 4.68 Å². The second-order valence-electron chi connectivity index (χ2n) is 8.78. The molecular weight excluding hydrogens is 428 g/mol. The highest BCUT2D eigenvalue weighted by Crippen LogP contribution is 2.24. The Labute approximate surface area is 191 Å². The molecular formula is C22H28N6O5. The average molecular weight is 457 g/mol. The van der Waals surface area contributed by atoms with Gasteiger partial charge in [0.1, 0.15) is 0 Å². The maximum absolute atomic E-state index is 13.1. The van der Waals surface area contributed by atoms with Gasteiger partial charge in [-0.05, 0) is 39.7 Å². The topological polar surface area (TPSA) is 124 Å². The fourth-order valence-corrected chi connectivity index (χ4v) is 4.61. The molecule has 11 heteroatoms. The van der Waals surface area contributed by atoms with E-state index in [2.05, 4.69) is 10.3 Å². The van der Waals surface area contributed by atoms with Gasteiger partial charge in [-0.15, -0.1) is 5.10 Å². The summed E-state index contributed by atoms with van der Waals surface area (Å²) in [5.41, 5.74) is 1.12. The number of ether oxygens (including phenoxy) is 1. The number of benzene rings is 1. The molecule has 0 bridgehead atoms. The summed E-state index contributed by atoms with van der Waals surface area (Å²) < 4.78 is 7.15. The van der Waals surface area contributed by atoms with E-state index in [0.717, 1.165) is 0 Å². The van der Waals surface area contributed by atoms with Gasteiger partial charge in [0, 0.05) is 44.2 Å². The molecule has 2 saturated heterocycles. The smallest absolute Gasteiger partial charge is 0.276 e. The van der Waals surface area contributed by atoms with Gasteiger partial charge >= 0.3 is 0 Å². The van der Waals surface area contributed by atoms with Crippen LogP contribution in [0.3, 0.4) is 0 Å². The molecule has 0 spiro atoms. The molecule has 0 radical (unpaired) electrons.